The average molecular weight is 174 g/mol. The standard InChI is InChI=1S/C9H18OS/c1-3-8-5-9(6-8)7-11(10)4-2/h8-9H,3-7H2,1-2H3. The second-order valence-electron chi connectivity index (χ2n) is 3.51. The molecule has 1 rings (SSSR count). The second-order valence-corrected chi connectivity index (χ2v) is 5.30. The Morgan fingerprint density at radius 2 is 1.91 bits per heavy atom. The molecule has 0 amide bonds. The van der Waals surface area contributed by atoms with Crippen LogP contribution in [0, 0.1) is 11.8 Å². The molecule has 0 saturated heterocycles. The molecule has 0 heterocycles. The van der Waals surface area contributed by atoms with Crippen LogP contribution in [0.4, 0.5) is 0 Å². The van der Waals surface area contributed by atoms with E-state index >= 15 is 0 Å². The summed E-state index contributed by atoms with van der Waals surface area (Å²) in [5.41, 5.74) is 0. The van der Waals surface area contributed by atoms with Gasteiger partial charge in [-0.2, -0.15) is 0 Å². The molecular weight excluding hydrogens is 156 g/mol. The number of hydrogen-bond donors (Lipinski definition) is 0. The topological polar surface area (TPSA) is 23.1 Å². The highest BCUT2D eigenvalue weighted by molar-refractivity contribution is 7.91. The third-order valence-corrected chi connectivity index (χ3v) is 4.14. The lowest BCUT2D eigenvalue weighted by Crippen LogP contribution is -2.30. The van der Waals surface area contributed by atoms with Gasteiger partial charge in [-0.3, -0.25) is 0 Å². The molecule has 1 unspecified atom stereocenters. The lowest BCUT2D eigenvalue weighted by molar-refractivity contribution is 0.208. The van der Waals surface area contributed by atoms with Crippen molar-refractivity contribution in [2.24, 2.45) is 11.8 Å². The van der Waals surface area contributed by atoms with Crippen molar-refractivity contribution < 1.29 is 4.55 Å². The minimum absolute atomic E-state index is 0.523. The number of hydrogen-bond acceptors (Lipinski definition) is 1. The van der Waals surface area contributed by atoms with Crippen LogP contribution in [0.5, 0.6) is 0 Å². The SMILES string of the molecule is CCC1CC(C[S+]([O-])CC)C1. The molecule has 2 heteroatoms. The molecule has 0 aliphatic heterocycles. The molecule has 11 heavy (non-hydrogen) atoms. The van der Waals surface area contributed by atoms with E-state index in [0.717, 1.165) is 23.3 Å². The quantitative estimate of drug-likeness (QED) is 0.599. The summed E-state index contributed by atoms with van der Waals surface area (Å²) in [6, 6.07) is 0. The van der Waals surface area contributed by atoms with Crippen LogP contribution >= 0.6 is 0 Å². The second kappa shape index (κ2) is 4.36. The summed E-state index contributed by atoms with van der Waals surface area (Å²) in [7, 11) is 0. The average Bonchev–Trinajstić information content (AvgIpc) is 1.95. The zero-order valence-corrected chi connectivity index (χ0v) is 8.32. The molecule has 0 radical (unpaired) electrons. The Morgan fingerprint density at radius 3 is 2.36 bits per heavy atom. The van der Waals surface area contributed by atoms with Gasteiger partial charge in [-0.05, 0) is 25.7 Å². The summed E-state index contributed by atoms with van der Waals surface area (Å²) in [5.74, 6) is 3.55. The van der Waals surface area contributed by atoms with Gasteiger partial charge in [-0.25, -0.2) is 0 Å². The fourth-order valence-electron chi connectivity index (χ4n) is 1.72. The molecule has 0 N–H and O–H groups in total. The molecule has 66 valence electrons. The lowest BCUT2D eigenvalue weighted by atomic mass is 9.75. The maximum atomic E-state index is 11.1. The van der Waals surface area contributed by atoms with E-state index in [1.54, 1.807) is 0 Å². The van der Waals surface area contributed by atoms with Gasteiger partial charge >= 0.3 is 0 Å². The van der Waals surface area contributed by atoms with Gasteiger partial charge in [0.1, 0.15) is 11.5 Å². The molecule has 1 aliphatic rings. The predicted molar refractivity (Wildman–Crippen MR) is 50.1 cm³/mol. The Kier molecular flexibility index (Phi) is 3.73. The van der Waals surface area contributed by atoms with Crippen molar-refractivity contribution in [1.29, 1.82) is 0 Å². The van der Waals surface area contributed by atoms with Crippen molar-refractivity contribution in [2.75, 3.05) is 11.5 Å². The summed E-state index contributed by atoms with van der Waals surface area (Å²) in [5, 5.41) is 0. The molecule has 0 spiro atoms. The third kappa shape index (κ3) is 2.68. The zero-order chi connectivity index (χ0) is 8.27. The van der Waals surface area contributed by atoms with Crippen LogP contribution in [0.1, 0.15) is 33.1 Å². The molecule has 1 saturated carbocycles. The summed E-state index contributed by atoms with van der Waals surface area (Å²) in [4.78, 5) is 0. The van der Waals surface area contributed by atoms with E-state index in [2.05, 4.69) is 6.92 Å². The predicted octanol–water partition coefficient (Wildman–Crippen LogP) is 2.19. The minimum atomic E-state index is -0.523. The van der Waals surface area contributed by atoms with Gasteiger partial charge in [0.25, 0.3) is 0 Å². The van der Waals surface area contributed by atoms with Gasteiger partial charge in [0, 0.05) is 5.92 Å². The van der Waals surface area contributed by atoms with Crippen molar-refractivity contribution in [3.63, 3.8) is 0 Å². The monoisotopic (exact) mass is 174 g/mol. The Hall–Kier alpha value is 0.310. The van der Waals surface area contributed by atoms with Crippen LogP contribution in [-0.4, -0.2) is 16.1 Å². The van der Waals surface area contributed by atoms with Crippen molar-refractivity contribution in [1.82, 2.24) is 0 Å². The van der Waals surface area contributed by atoms with Gasteiger partial charge in [-0.1, -0.05) is 24.5 Å². The van der Waals surface area contributed by atoms with E-state index in [4.69, 9.17) is 0 Å². The summed E-state index contributed by atoms with van der Waals surface area (Å²) in [6.07, 6.45) is 3.99. The van der Waals surface area contributed by atoms with E-state index in [0.29, 0.717) is 0 Å². The minimum Gasteiger partial charge on any atom is -0.616 e. The largest absolute Gasteiger partial charge is 0.616 e. The van der Waals surface area contributed by atoms with Crippen molar-refractivity contribution in [3.05, 3.63) is 0 Å². The van der Waals surface area contributed by atoms with Crippen LogP contribution in [0.15, 0.2) is 0 Å². The highest BCUT2D eigenvalue weighted by atomic mass is 32.2. The first kappa shape index (κ1) is 9.40. The van der Waals surface area contributed by atoms with Crippen molar-refractivity contribution >= 4 is 11.2 Å². The first-order valence-corrected chi connectivity index (χ1v) is 6.10. The normalized spacial score (nSPS) is 33.0. The molecule has 1 nitrogen and oxygen atoms in total. The van der Waals surface area contributed by atoms with Gasteiger partial charge in [0.2, 0.25) is 0 Å². The Morgan fingerprint density at radius 1 is 1.27 bits per heavy atom. The highest BCUT2D eigenvalue weighted by Crippen LogP contribution is 2.36. The molecule has 0 aromatic rings. The Balaban J connectivity index is 2.04. The maximum Gasteiger partial charge on any atom is 0.108 e. The summed E-state index contributed by atoms with van der Waals surface area (Å²) < 4.78 is 11.1. The molecule has 1 fully saturated rings. The molecule has 0 bridgehead atoms. The van der Waals surface area contributed by atoms with E-state index in [1.807, 2.05) is 6.92 Å². The molecule has 1 aliphatic carbocycles. The van der Waals surface area contributed by atoms with Crippen molar-refractivity contribution in [3.8, 4) is 0 Å². The Labute approximate surface area is 72.7 Å². The van der Waals surface area contributed by atoms with Crippen LogP contribution in [-0.2, 0) is 11.2 Å². The fourth-order valence-corrected chi connectivity index (χ4v) is 2.76. The highest BCUT2D eigenvalue weighted by Gasteiger charge is 2.30. The van der Waals surface area contributed by atoms with Gasteiger partial charge in [0.05, 0.1) is 0 Å². The van der Waals surface area contributed by atoms with E-state index in [-0.39, 0.29) is 0 Å². The molecule has 0 aromatic carbocycles. The van der Waals surface area contributed by atoms with Crippen LogP contribution < -0.4 is 0 Å². The third-order valence-electron chi connectivity index (χ3n) is 2.65. The van der Waals surface area contributed by atoms with Gasteiger partial charge < -0.3 is 4.55 Å². The molecule has 1 atom stereocenters. The van der Waals surface area contributed by atoms with E-state index in [1.165, 1.54) is 19.3 Å². The van der Waals surface area contributed by atoms with Crippen LogP contribution in [0.2, 0.25) is 0 Å². The van der Waals surface area contributed by atoms with Crippen LogP contribution in [0.25, 0.3) is 0 Å². The van der Waals surface area contributed by atoms with Crippen LogP contribution in [0.3, 0.4) is 0 Å². The zero-order valence-electron chi connectivity index (χ0n) is 7.51. The Bertz CT molecular complexity index is 110. The van der Waals surface area contributed by atoms with Gasteiger partial charge in [-0.15, -0.1) is 0 Å². The number of rotatable bonds is 4. The van der Waals surface area contributed by atoms with E-state index in [9.17, 15) is 4.55 Å². The maximum absolute atomic E-state index is 11.1. The molecular formula is C9H18OS. The van der Waals surface area contributed by atoms with Crippen molar-refractivity contribution in [2.45, 2.75) is 33.1 Å². The van der Waals surface area contributed by atoms with E-state index < -0.39 is 11.2 Å². The first-order valence-electron chi connectivity index (χ1n) is 4.61. The molecule has 0 aromatic heterocycles. The first-order chi connectivity index (χ1) is 5.26. The lowest BCUT2D eigenvalue weighted by Gasteiger charge is -2.34. The van der Waals surface area contributed by atoms with Gasteiger partial charge in [0.15, 0.2) is 0 Å². The summed E-state index contributed by atoms with van der Waals surface area (Å²) >= 11 is -0.523. The smallest absolute Gasteiger partial charge is 0.108 e. The summed E-state index contributed by atoms with van der Waals surface area (Å²) in [6.45, 7) is 4.25. The fraction of sp³-hybridized carbons (Fsp3) is 1.00.